The quantitative estimate of drug-likeness (QED) is 0.384. The van der Waals surface area contributed by atoms with E-state index in [2.05, 4.69) is 61.2 Å². The first-order valence-electron chi connectivity index (χ1n) is 6.37. The van der Waals surface area contributed by atoms with Crippen LogP contribution in [0.4, 0.5) is 0 Å². The van der Waals surface area contributed by atoms with E-state index in [0.717, 1.165) is 12.2 Å². The van der Waals surface area contributed by atoms with E-state index in [-0.39, 0.29) is 0 Å². The number of pyridine rings is 2. The van der Waals surface area contributed by atoms with Crippen LogP contribution in [0.15, 0.2) is 55.1 Å². The third-order valence-electron chi connectivity index (χ3n) is 3.88. The number of aromatic nitrogens is 4. The average Bonchev–Trinajstić information content (AvgIpc) is 3.05. The largest absolute Gasteiger partial charge is 0.374 e. The zero-order valence-electron chi connectivity index (χ0n) is 10.2. The Morgan fingerprint density at radius 2 is 2.11 bits per heavy atom. The van der Waals surface area contributed by atoms with Gasteiger partial charge in [-0.3, -0.25) is 4.98 Å². The van der Waals surface area contributed by atoms with Gasteiger partial charge in [-0.1, -0.05) is 6.07 Å². The molecule has 0 radical (unpaired) electrons. The molecule has 5 heterocycles. The Morgan fingerprint density at radius 1 is 1.11 bits per heavy atom. The minimum absolute atomic E-state index is 0.850. The van der Waals surface area contributed by atoms with Gasteiger partial charge in [0.15, 0.2) is 0 Å². The lowest BCUT2D eigenvalue weighted by molar-refractivity contribution is -0.508. The number of fused-ring (bicyclic) bond motifs is 7. The molecular formula is C15H11N4+. The molecule has 19 heavy (non-hydrogen) atoms. The second kappa shape index (κ2) is 3.03. The number of imidazole rings is 2. The molecule has 1 aliphatic rings. The molecule has 0 unspecified atom stereocenters. The van der Waals surface area contributed by atoms with E-state index in [9.17, 15) is 0 Å². The van der Waals surface area contributed by atoms with Crippen LogP contribution in [0, 0.1) is 0 Å². The second-order valence-electron chi connectivity index (χ2n) is 4.93. The Hall–Kier alpha value is -2.62. The lowest BCUT2D eigenvalue weighted by atomic mass is 10.2. The molecular weight excluding hydrogens is 236 g/mol. The number of nitrogens with zero attached hydrogens (tertiary/aromatic N) is 4. The van der Waals surface area contributed by atoms with Gasteiger partial charge in [0.2, 0.25) is 0 Å². The summed E-state index contributed by atoms with van der Waals surface area (Å²) < 4.78 is 6.74. The Labute approximate surface area is 109 Å². The highest BCUT2D eigenvalue weighted by molar-refractivity contribution is 5.68. The number of hydrogen-bond donors (Lipinski definition) is 0. The highest BCUT2D eigenvalue weighted by Gasteiger charge is 2.29. The standard InChI is InChI=1S/C15H11N4/c1-2-7-18-11(4-1)8-17-10-14-12-5-3-6-16-13(12)9-19(14)15(17)18/h1-8,10H,9H2/q+1. The molecule has 0 spiro atoms. The molecule has 4 aromatic heterocycles. The van der Waals surface area contributed by atoms with Gasteiger partial charge in [0.25, 0.3) is 0 Å². The summed E-state index contributed by atoms with van der Waals surface area (Å²) in [6.07, 6.45) is 8.33. The van der Waals surface area contributed by atoms with Crippen LogP contribution in [0.2, 0.25) is 0 Å². The Bertz CT molecular complexity index is 945. The molecule has 0 fully saturated rings. The SMILES string of the molecule is c1cnc2c(c1)-c1c[n+]3cc4ccccn4c3n1C2. The topological polar surface area (TPSA) is 26.3 Å². The molecule has 0 aromatic carbocycles. The van der Waals surface area contributed by atoms with Gasteiger partial charge in [-0.25, -0.2) is 13.4 Å². The molecule has 4 aromatic rings. The summed E-state index contributed by atoms with van der Waals surface area (Å²) >= 11 is 0. The molecule has 0 N–H and O–H groups in total. The lowest BCUT2D eigenvalue weighted by Crippen LogP contribution is -2.16. The normalized spacial score (nSPS) is 13.1. The van der Waals surface area contributed by atoms with Crippen molar-refractivity contribution in [1.82, 2.24) is 14.0 Å². The van der Waals surface area contributed by atoms with Gasteiger partial charge in [0.1, 0.15) is 30.1 Å². The van der Waals surface area contributed by atoms with Crippen molar-refractivity contribution in [3.63, 3.8) is 0 Å². The fourth-order valence-electron chi connectivity index (χ4n) is 3.06. The summed E-state index contributed by atoms with van der Waals surface area (Å²) in [7, 11) is 0. The van der Waals surface area contributed by atoms with Gasteiger partial charge in [0, 0.05) is 11.8 Å². The summed E-state index contributed by atoms with van der Waals surface area (Å²) in [6.45, 7) is 0.850. The van der Waals surface area contributed by atoms with Gasteiger partial charge in [-0.2, -0.15) is 0 Å². The smallest absolute Gasteiger partial charge is 0.257 e. The zero-order chi connectivity index (χ0) is 12.4. The van der Waals surface area contributed by atoms with Gasteiger partial charge in [-0.05, 0) is 24.3 Å². The zero-order valence-corrected chi connectivity index (χ0v) is 10.2. The van der Waals surface area contributed by atoms with Crippen LogP contribution >= 0.6 is 0 Å². The highest BCUT2D eigenvalue weighted by Crippen LogP contribution is 2.31. The lowest BCUT2D eigenvalue weighted by Gasteiger charge is -1.92. The Kier molecular flexibility index (Phi) is 1.49. The van der Waals surface area contributed by atoms with Crippen LogP contribution < -0.4 is 4.40 Å². The molecule has 0 amide bonds. The van der Waals surface area contributed by atoms with E-state index in [1.165, 1.54) is 22.6 Å². The van der Waals surface area contributed by atoms with E-state index in [1.807, 2.05) is 12.3 Å². The van der Waals surface area contributed by atoms with Gasteiger partial charge < -0.3 is 0 Å². The van der Waals surface area contributed by atoms with Crippen molar-refractivity contribution in [2.75, 3.05) is 0 Å². The van der Waals surface area contributed by atoms with Crippen LogP contribution in [-0.4, -0.2) is 14.0 Å². The van der Waals surface area contributed by atoms with Crippen molar-refractivity contribution in [2.45, 2.75) is 6.54 Å². The van der Waals surface area contributed by atoms with Crippen molar-refractivity contribution >= 4 is 11.3 Å². The molecule has 5 rings (SSSR count). The van der Waals surface area contributed by atoms with Crippen LogP contribution in [0.5, 0.6) is 0 Å². The van der Waals surface area contributed by atoms with Crippen LogP contribution in [0.25, 0.3) is 22.6 Å². The molecule has 0 atom stereocenters. The summed E-state index contributed by atoms with van der Waals surface area (Å²) in [6, 6.07) is 10.4. The fraction of sp³-hybridized carbons (Fsp3) is 0.0667. The van der Waals surface area contributed by atoms with E-state index < -0.39 is 0 Å². The van der Waals surface area contributed by atoms with Crippen molar-refractivity contribution in [3.05, 3.63) is 60.8 Å². The summed E-state index contributed by atoms with van der Waals surface area (Å²) in [5.74, 6) is 1.18. The molecule has 1 aliphatic heterocycles. The van der Waals surface area contributed by atoms with Gasteiger partial charge in [-0.15, -0.1) is 0 Å². The van der Waals surface area contributed by atoms with Crippen LogP contribution in [0.3, 0.4) is 0 Å². The molecule has 90 valence electrons. The minimum Gasteiger partial charge on any atom is -0.257 e. The van der Waals surface area contributed by atoms with Crippen molar-refractivity contribution < 1.29 is 4.40 Å². The molecule has 0 saturated heterocycles. The van der Waals surface area contributed by atoms with E-state index in [1.54, 1.807) is 0 Å². The molecule has 4 heteroatoms. The maximum atomic E-state index is 4.48. The van der Waals surface area contributed by atoms with E-state index in [0.29, 0.717) is 0 Å². The average molecular weight is 247 g/mol. The first-order chi connectivity index (χ1) is 9.42. The third kappa shape index (κ3) is 1.04. The Balaban J connectivity index is 1.94. The van der Waals surface area contributed by atoms with E-state index >= 15 is 0 Å². The maximum Gasteiger partial charge on any atom is 0.374 e. The van der Waals surface area contributed by atoms with Crippen LogP contribution in [-0.2, 0) is 6.54 Å². The summed E-state index contributed by atoms with van der Waals surface area (Å²) in [5.41, 5.74) is 4.86. The van der Waals surface area contributed by atoms with Crippen molar-refractivity contribution in [2.24, 2.45) is 0 Å². The number of hydrogen-bond acceptors (Lipinski definition) is 1. The first-order valence-corrected chi connectivity index (χ1v) is 6.37. The predicted molar refractivity (Wildman–Crippen MR) is 70.9 cm³/mol. The van der Waals surface area contributed by atoms with Gasteiger partial charge in [0.05, 0.1) is 11.9 Å². The van der Waals surface area contributed by atoms with Crippen molar-refractivity contribution in [1.29, 1.82) is 0 Å². The predicted octanol–water partition coefficient (Wildman–Crippen LogP) is 1.90. The molecule has 4 nitrogen and oxygen atoms in total. The van der Waals surface area contributed by atoms with E-state index in [4.69, 9.17) is 0 Å². The number of rotatable bonds is 0. The van der Waals surface area contributed by atoms with Crippen molar-refractivity contribution in [3.8, 4) is 11.3 Å². The maximum absolute atomic E-state index is 4.48. The first kappa shape index (κ1) is 9.33. The van der Waals surface area contributed by atoms with Gasteiger partial charge >= 0.3 is 5.78 Å². The molecule has 0 saturated carbocycles. The Morgan fingerprint density at radius 3 is 3.11 bits per heavy atom. The summed E-state index contributed by atoms with van der Waals surface area (Å²) in [4.78, 5) is 4.48. The fourth-order valence-corrected chi connectivity index (χ4v) is 3.06. The van der Waals surface area contributed by atoms with Crippen LogP contribution in [0.1, 0.15) is 5.69 Å². The summed E-state index contributed by atoms with van der Waals surface area (Å²) in [5, 5.41) is 0. The third-order valence-corrected chi connectivity index (χ3v) is 3.88. The molecule has 0 aliphatic carbocycles. The highest BCUT2D eigenvalue weighted by atomic mass is 15.2. The molecule has 0 bridgehead atoms. The monoisotopic (exact) mass is 247 g/mol. The minimum atomic E-state index is 0.850. The second-order valence-corrected chi connectivity index (χ2v) is 4.93.